The molecule has 1 saturated heterocycles. The van der Waals surface area contributed by atoms with Gasteiger partial charge in [0.05, 0.1) is 0 Å². The first kappa shape index (κ1) is 14.8. The van der Waals surface area contributed by atoms with E-state index in [1.165, 1.54) is 25.7 Å². The van der Waals surface area contributed by atoms with E-state index < -0.39 is 0 Å². The maximum Gasteiger partial charge on any atom is 0.131 e. The van der Waals surface area contributed by atoms with Crippen LogP contribution in [0.2, 0.25) is 0 Å². The fourth-order valence-corrected chi connectivity index (χ4v) is 4.09. The predicted molar refractivity (Wildman–Crippen MR) is 88.6 cm³/mol. The van der Waals surface area contributed by atoms with Crippen LogP contribution in [0.15, 0.2) is 36.9 Å². The lowest BCUT2D eigenvalue weighted by molar-refractivity contribution is 0.103. The van der Waals surface area contributed by atoms with E-state index in [9.17, 15) is 4.39 Å². The van der Waals surface area contributed by atoms with Crippen molar-refractivity contribution in [3.05, 3.63) is 48.3 Å². The van der Waals surface area contributed by atoms with Crippen molar-refractivity contribution in [1.82, 2.24) is 14.9 Å². The van der Waals surface area contributed by atoms with Gasteiger partial charge in [-0.2, -0.15) is 0 Å². The Kier molecular flexibility index (Phi) is 3.85. The van der Waals surface area contributed by atoms with Crippen molar-refractivity contribution < 1.29 is 4.39 Å². The van der Waals surface area contributed by atoms with Crippen LogP contribution in [0.1, 0.15) is 44.1 Å². The second-order valence-electron chi connectivity index (χ2n) is 6.92. The molecule has 0 radical (unpaired) electrons. The summed E-state index contributed by atoms with van der Waals surface area (Å²) in [6.07, 6.45) is 9.74. The summed E-state index contributed by atoms with van der Waals surface area (Å²) in [5, 5.41) is 0. The summed E-state index contributed by atoms with van der Waals surface area (Å²) in [5.74, 6) is 0.332. The summed E-state index contributed by atoms with van der Waals surface area (Å²) in [5.41, 5.74) is 2.44. The van der Waals surface area contributed by atoms with Gasteiger partial charge >= 0.3 is 0 Å². The number of benzene rings is 1. The van der Waals surface area contributed by atoms with Crippen molar-refractivity contribution in [2.75, 3.05) is 6.54 Å². The largest absolute Gasteiger partial charge is 0.298 e. The van der Waals surface area contributed by atoms with E-state index >= 15 is 0 Å². The fraction of sp³-hybridized carbons (Fsp3) is 0.474. The number of rotatable bonds is 3. The number of hydrogen-bond donors (Lipinski definition) is 0. The van der Waals surface area contributed by atoms with Gasteiger partial charge in [0.2, 0.25) is 0 Å². The molecule has 1 aromatic heterocycles. The van der Waals surface area contributed by atoms with Crippen LogP contribution >= 0.6 is 0 Å². The van der Waals surface area contributed by atoms with Crippen molar-refractivity contribution in [3.8, 4) is 11.1 Å². The van der Waals surface area contributed by atoms with Gasteiger partial charge in [0.25, 0.3) is 0 Å². The molecule has 0 spiro atoms. The van der Waals surface area contributed by atoms with Crippen LogP contribution in [0.3, 0.4) is 0 Å². The lowest BCUT2D eigenvalue weighted by atomic mass is 9.74. The zero-order valence-corrected chi connectivity index (χ0v) is 13.5. The zero-order chi connectivity index (χ0) is 15.8. The van der Waals surface area contributed by atoms with Crippen LogP contribution in [0, 0.1) is 5.82 Å². The Bertz CT molecular complexity index is 682. The average Bonchev–Trinajstić information content (AvgIpc) is 2.93. The minimum Gasteiger partial charge on any atom is -0.298 e. The Morgan fingerprint density at radius 3 is 2.61 bits per heavy atom. The SMILES string of the molecule is C[C@@H]1CCCN1C1CC(c2ccc(-c3cncnc3)c(F)c2)C1. The Morgan fingerprint density at radius 1 is 1.17 bits per heavy atom. The topological polar surface area (TPSA) is 29.0 Å². The summed E-state index contributed by atoms with van der Waals surface area (Å²) in [6, 6.07) is 7.06. The summed E-state index contributed by atoms with van der Waals surface area (Å²) >= 11 is 0. The Labute approximate surface area is 136 Å². The molecule has 0 N–H and O–H groups in total. The lowest BCUT2D eigenvalue weighted by Crippen LogP contribution is -2.45. The molecule has 2 aromatic rings. The maximum absolute atomic E-state index is 14.5. The molecule has 0 bridgehead atoms. The van der Waals surface area contributed by atoms with Crippen molar-refractivity contribution in [2.45, 2.75) is 50.6 Å². The average molecular weight is 311 g/mol. The van der Waals surface area contributed by atoms with Crippen LogP contribution in [0.5, 0.6) is 0 Å². The third kappa shape index (κ3) is 2.76. The van der Waals surface area contributed by atoms with E-state index in [-0.39, 0.29) is 5.82 Å². The van der Waals surface area contributed by atoms with Gasteiger partial charge in [-0.25, -0.2) is 14.4 Å². The Balaban J connectivity index is 1.46. The van der Waals surface area contributed by atoms with E-state index in [0.717, 1.165) is 30.0 Å². The van der Waals surface area contributed by atoms with Gasteiger partial charge in [-0.3, -0.25) is 4.90 Å². The molecule has 1 saturated carbocycles. The number of nitrogens with zero attached hydrogens (tertiary/aromatic N) is 3. The lowest BCUT2D eigenvalue weighted by Gasteiger charge is -2.43. The van der Waals surface area contributed by atoms with Crippen LogP contribution in [0.25, 0.3) is 11.1 Å². The third-order valence-corrected chi connectivity index (χ3v) is 5.52. The molecule has 2 heterocycles. The molecule has 120 valence electrons. The molecule has 1 aliphatic heterocycles. The van der Waals surface area contributed by atoms with Crippen LogP contribution in [-0.4, -0.2) is 33.5 Å². The van der Waals surface area contributed by atoms with Gasteiger partial charge in [0.1, 0.15) is 12.1 Å². The smallest absolute Gasteiger partial charge is 0.131 e. The van der Waals surface area contributed by atoms with E-state index in [1.807, 2.05) is 6.07 Å². The highest BCUT2D eigenvalue weighted by Gasteiger charge is 2.38. The molecule has 23 heavy (non-hydrogen) atoms. The van der Waals surface area contributed by atoms with Gasteiger partial charge in [0, 0.05) is 35.6 Å². The fourth-order valence-electron chi connectivity index (χ4n) is 4.09. The number of halogens is 1. The summed E-state index contributed by atoms with van der Waals surface area (Å²) in [7, 11) is 0. The van der Waals surface area contributed by atoms with Crippen LogP contribution in [0.4, 0.5) is 4.39 Å². The second kappa shape index (κ2) is 6.00. The first-order chi connectivity index (χ1) is 11.2. The van der Waals surface area contributed by atoms with E-state index in [2.05, 4.69) is 27.9 Å². The predicted octanol–water partition coefficient (Wildman–Crippen LogP) is 4.01. The monoisotopic (exact) mass is 311 g/mol. The summed E-state index contributed by atoms with van der Waals surface area (Å²) < 4.78 is 14.5. The first-order valence-corrected chi connectivity index (χ1v) is 8.53. The molecule has 4 heteroatoms. The highest BCUT2D eigenvalue weighted by Crippen LogP contribution is 2.42. The van der Waals surface area contributed by atoms with E-state index in [0.29, 0.717) is 17.5 Å². The molecule has 1 aliphatic carbocycles. The maximum atomic E-state index is 14.5. The van der Waals surface area contributed by atoms with Gasteiger partial charge in [-0.05, 0) is 56.7 Å². The molecule has 3 nitrogen and oxygen atoms in total. The number of hydrogen-bond acceptors (Lipinski definition) is 3. The molecule has 0 amide bonds. The van der Waals surface area contributed by atoms with Crippen molar-refractivity contribution in [3.63, 3.8) is 0 Å². The molecule has 0 unspecified atom stereocenters. The summed E-state index contributed by atoms with van der Waals surface area (Å²) in [4.78, 5) is 10.6. The standard InChI is InChI=1S/C19H22FN3/c1-13-3-2-6-23(13)17-7-15(8-17)14-4-5-18(19(20)9-14)16-10-21-12-22-11-16/h4-5,9-13,15,17H,2-3,6-8H2,1H3/t13-,15?,17?/m1/s1. The molecule has 1 atom stereocenters. The van der Waals surface area contributed by atoms with E-state index in [4.69, 9.17) is 0 Å². The quantitative estimate of drug-likeness (QED) is 0.857. The van der Waals surface area contributed by atoms with Gasteiger partial charge < -0.3 is 0 Å². The molecule has 1 aromatic carbocycles. The minimum atomic E-state index is -0.171. The zero-order valence-electron chi connectivity index (χ0n) is 13.5. The van der Waals surface area contributed by atoms with Crippen molar-refractivity contribution in [2.24, 2.45) is 0 Å². The molecular formula is C19H22FN3. The first-order valence-electron chi connectivity index (χ1n) is 8.53. The third-order valence-electron chi connectivity index (χ3n) is 5.52. The van der Waals surface area contributed by atoms with Crippen LogP contribution < -0.4 is 0 Å². The molecular weight excluding hydrogens is 289 g/mol. The number of aromatic nitrogens is 2. The second-order valence-corrected chi connectivity index (χ2v) is 6.92. The molecule has 2 aliphatic rings. The van der Waals surface area contributed by atoms with E-state index in [1.54, 1.807) is 18.5 Å². The Morgan fingerprint density at radius 2 is 1.96 bits per heavy atom. The van der Waals surface area contributed by atoms with Crippen LogP contribution in [-0.2, 0) is 0 Å². The molecule has 4 rings (SSSR count). The highest BCUT2D eigenvalue weighted by atomic mass is 19.1. The van der Waals surface area contributed by atoms with Gasteiger partial charge in [-0.15, -0.1) is 0 Å². The van der Waals surface area contributed by atoms with Gasteiger partial charge in [0.15, 0.2) is 0 Å². The van der Waals surface area contributed by atoms with Gasteiger partial charge in [-0.1, -0.05) is 12.1 Å². The minimum absolute atomic E-state index is 0.171. The highest BCUT2D eigenvalue weighted by molar-refractivity contribution is 5.62. The number of likely N-dealkylation sites (tertiary alicyclic amines) is 1. The van der Waals surface area contributed by atoms with Crippen molar-refractivity contribution >= 4 is 0 Å². The summed E-state index contributed by atoms with van der Waals surface area (Å²) in [6.45, 7) is 3.57. The normalized spacial score (nSPS) is 27.8. The Hall–Kier alpha value is -1.81. The van der Waals surface area contributed by atoms with Crippen molar-refractivity contribution in [1.29, 1.82) is 0 Å². The molecule has 2 fully saturated rings.